The number of hydrogen-bond donors (Lipinski definition) is 1. The van der Waals surface area contributed by atoms with Crippen molar-refractivity contribution in [1.29, 1.82) is 0 Å². The van der Waals surface area contributed by atoms with Gasteiger partial charge in [-0.05, 0) is 49.5 Å². The number of piperidine rings is 1. The molecule has 25 heavy (non-hydrogen) atoms. The minimum atomic E-state index is -0.0000489. The lowest BCUT2D eigenvalue weighted by Gasteiger charge is -2.33. The Hall–Kier alpha value is -2.13. The van der Waals surface area contributed by atoms with Crippen molar-refractivity contribution in [3.8, 4) is 0 Å². The van der Waals surface area contributed by atoms with Crippen LogP contribution < -0.4 is 5.32 Å². The largest absolute Gasteiger partial charge is 0.345 e. The highest BCUT2D eigenvalue weighted by Gasteiger charge is 2.24. The normalized spacial score (nSPS) is 17.6. The van der Waals surface area contributed by atoms with Crippen LogP contribution in [-0.2, 0) is 0 Å². The Kier molecular flexibility index (Phi) is 6.24. The molecule has 2 aromatic carbocycles. The second-order valence-corrected chi connectivity index (χ2v) is 7.07. The van der Waals surface area contributed by atoms with Crippen molar-refractivity contribution in [3.63, 3.8) is 0 Å². The van der Waals surface area contributed by atoms with Crippen molar-refractivity contribution in [1.82, 2.24) is 10.2 Å². The number of likely N-dealkylation sites (tertiary alicyclic amines) is 1. The van der Waals surface area contributed by atoms with E-state index in [9.17, 15) is 4.79 Å². The van der Waals surface area contributed by atoms with Crippen molar-refractivity contribution in [2.45, 2.75) is 32.2 Å². The maximum Gasteiger partial charge on any atom is 0.251 e. The zero-order valence-corrected chi connectivity index (χ0v) is 15.0. The van der Waals surface area contributed by atoms with Crippen LogP contribution in [0.4, 0.5) is 0 Å². The van der Waals surface area contributed by atoms with Gasteiger partial charge in [0.1, 0.15) is 0 Å². The monoisotopic (exact) mass is 336 g/mol. The van der Waals surface area contributed by atoms with Crippen LogP contribution >= 0.6 is 0 Å². The number of carbonyl (C=O) groups is 1. The van der Waals surface area contributed by atoms with Crippen molar-refractivity contribution < 1.29 is 4.79 Å². The molecule has 1 aliphatic heterocycles. The van der Waals surface area contributed by atoms with E-state index in [1.165, 1.54) is 37.9 Å². The molecule has 3 nitrogen and oxygen atoms in total. The van der Waals surface area contributed by atoms with E-state index < -0.39 is 0 Å². The van der Waals surface area contributed by atoms with Crippen LogP contribution in [0.2, 0.25) is 0 Å². The van der Waals surface area contributed by atoms with Crippen LogP contribution in [0.3, 0.4) is 0 Å². The van der Waals surface area contributed by atoms with Crippen LogP contribution in [-0.4, -0.2) is 30.4 Å². The van der Waals surface area contributed by atoms with E-state index in [1.807, 2.05) is 48.5 Å². The first-order valence-electron chi connectivity index (χ1n) is 9.37. The Morgan fingerprint density at radius 1 is 0.960 bits per heavy atom. The summed E-state index contributed by atoms with van der Waals surface area (Å²) in [5.74, 6) is 0.355. The molecule has 0 aromatic heterocycles. The van der Waals surface area contributed by atoms with Gasteiger partial charge in [-0.25, -0.2) is 0 Å². The molecule has 1 fully saturated rings. The van der Waals surface area contributed by atoms with Crippen molar-refractivity contribution in [2.24, 2.45) is 5.92 Å². The lowest BCUT2D eigenvalue weighted by molar-refractivity contribution is 0.0910. The van der Waals surface area contributed by atoms with Gasteiger partial charge in [0.2, 0.25) is 0 Å². The quantitative estimate of drug-likeness (QED) is 0.854. The molecule has 1 N–H and O–H groups in total. The Morgan fingerprint density at radius 2 is 1.56 bits per heavy atom. The predicted octanol–water partition coefficient (Wildman–Crippen LogP) is 4.28. The van der Waals surface area contributed by atoms with Gasteiger partial charge in [0.25, 0.3) is 5.91 Å². The second-order valence-electron chi connectivity index (χ2n) is 7.07. The molecule has 0 saturated carbocycles. The van der Waals surface area contributed by atoms with Gasteiger partial charge in [-0.2, -0.15) is 0 Å². The number of carbonyl (C=O) groups excluding carboxylic acids is 1. The molecule has 0 bridgehead atoms. The van der Waals surface area contributed by atoms with Gasteiger partial charge in [-0.3, -0.25) is 4.79 Å². The van der Waals surface area contributed by atoms with E-state index in [0.717, 1.165) is 6.54 Å². The number of hydrogen-bond acceptors (Lipinski definition) is 2. The van der Waals surface area contributed by atoms with Crippen LogP contribution in [0.5, 0.6) is 0 Å². The molecular weight excluding hydrogens is 308 g/mol. The number of nitrogens with zero attached hydrogens (tertiary/aromatic N) is 1. The Labute approximate surface area is 151 Å². The van der Waals surface area contributed by atoms with Crippen LogP contribution in [0, 0.1) is 5.92 Å². The molecule has 0 unspecified atom stereocenters. The highest BCUT2D eigenvalue weighted by atomic mass is 16.1. The second kappa shape index (κ2) is 8.82. The summed E-state index contributed by atoms with van der Waals surface area (Å²) < 4.78 is 0. The van der Waals surface area contributed by atoms with Gasteiger partial charge in [0, 0.05) is 12.1 Å². The fraction of sp³-hybridized carbons (Fsp3) is 0.409. The maximum atomic E-state index is 12.7. The highest BCUT2D eigenvalue weighted by molar-refractivity contribution is 5.94. The molecule has 2 atom stereocenters. The van der Waals surface area contributed by atoms with Gasteiger partial charge < -0.3 is 10.2 Å². The number of nitrogens with one attached hydrogen (secondary N) is 1. The molecule has 3 rings (SSSR count). The SMILES string of the molecule is C[C@H](CN1CCCCC1)[C@@H](NC(=O)c1ccccc1)c1ccccc1. The van der Waals surface area contributed by atoms with Crippen LogP contribution in [0.1, 0.15) is 48.1 Å². The van der Waals surface area contributed by atoms with Crippen LogP contribution in [0.25, 0.3) is 0 Å². The zero-order valence-electron chi connectivity index (χ0n) is 15.0. The third-order valence-corrected chi connectivity index (χ3v) is 5.05. The summed E-state index contributed by atoms with van der Waals surface area (Å²) in [6, 6.07) is 19.8. The maximum absolute atomic E-state index is 12.7. The summed E-state index contributed by atoms with van der Waals surface area (Å²) in [4.78, 5) is 15.2. The molecule has 2 aromatic rings. The van der Waals surface area contributed by atoms with E-state index in [2.05, 4.69) is 29.3 Å². The van der Waals surface area contributed by atoms with E-state index in [4.69, 9.17) is 0 Å². The molecule has 1 amide bonds. The minimum absolute atomic E-state index is 0.0000489. The molecule has 1 heterocycles. The van der Waals surface area contributed by atoms with E-state index in [0.29, 0.717) is 11.5 Å². The fourth-order valence-corrected chi connectivity index (χ4v) is 3.68. The fourth-order valence-electron chi connectivity index (χ4n) is 3.68. The van der Waals surface area contributed by atoms with Gasteiger partial charge in [0.15, 0.2) is 0 Å². The number of benzene rings is 2. The van der Waals surface area contributed by atoms with Gasteiger partial charge in [-0.1, -0.05) is 61.9 Å². The summed E-state index contributed by atoms with van der Waals surface area (Å²) in [6.07, 6.45) is 3.93. The van der Waals surface area contributed by atoms with Crippen molar-refractivity contribution in [2.75, 3.05) is 19.6 Å². The third-order valence-electron chi connectivity index (χ3n) is 5.05. The lowest BCUT2D eigenvalue weighted by atomic mass is 9.93. The number of amides is 1. The highest BCUT2D eigenvalue weighted by Crippen LogP contribution is 2.24. The molecule has 0 aliphatic carbocycles. The Balaban J connectivity index is 1.74. The lowest BCUT2D eigenvalue weighted by Crippen LogP contribution is -2.40. The molecular formula is C22H28N2O. The standard InChI is InChI=1S/C22H28N2O/c1-18(17-24-15-9-4-10-16-24)21(19-11-5-2-6-12-19)23-22(25)20-13-7-3-8-14-20/h2-3,5-8,11-14,18,21H,4,9-10,15-17H2,1H3,(H,23,25)/t18-,21-/m1/s1. The molecule has 1 aliphatic rings. The third kappa shape index (κ3) is 4.93. The Bertz CT molecular complexity index is 650. The molecule has 1 saturated heterocycles. The van der Waals surface area contributed by atoms with Gasteiger partial charge >= 0.3 is 0 Å². The smallest absolute Gasteiger partial charge is 0.251 e. The van der Waals surface area contributed by atoms with E-state index in [-0.39, 0.29) is 11.9 Å². The summed E-state index contributed by atoms with van der Waals surface area (Å²) in [6.45, 7) is 5.63. The predicted molar refractivity (Wildman–Crippen MR) is 103 cm³/mol. The molecule has 3 heteroatoms. The summed E-state index contributed by atoms with van der Waals surface area (Å²) in [7, 11) is 0. The Morgan fingerprint density at radius 3 is 2.20 bits per heavy atom. The average Bonchev–Trinajstić information content (AvgIpc) is 2.68. The average molecular weight is 336 g/mol. The first-order chi connectivity index (χ1) is 12.2. The zero-order chi connectivity index (χ0) is 17.5. The molecule has 132 valence electrons. The molecule has 0 spiro atoms. The molecule has 0 radical (unpaired) electrons. The van der Waals surface area contributed by atoms with E-state index >= 15 is 0 Å². The number of rotatable bonds is 6. The topological polar surface area (TPSA) is 32.3 Å². The summed E-state index contributed by atoms with van der Waals surface area (Å²) >= 11 is 0. The first-order valence-corrected chi connectivity index (χ1v) is 9.37. The first kappa shape index (κ1) is 17.7. The van der Waals surface area contributed by atoms with Gasteiger partial charge in [-0.15, -0.1) is 0 Å². The summed E-state index contributed by atoms with van der Waals surface area (Å²) in [5, 5.41) is 3.27. The minimum Gasteiger partial charge on any atom is -0.345 e. The van der Waals surface area contributed by atoms with Crippen molar-refractivity contribution in [3.05, 3.63) is 71.8 Å². The summed E-state index contributed by atoms with van der Waals surface area (Å²) in [5.41, 5.74) is 1.89. The van der Waals surface area contributed by atoms with Crippen molar-refractivity contribution >= 4 is 5.91 Å². The van der Waals surface area contributed by atoms with E-state index in [1.54, 1.807) is 0 Å². The van der Waals surface area contributed by atoms with Gasteiger partial charge in [0.05, 0.1) is 6.04 Å². The van der Waals surface area contributed by atoms with Crippen LogP contribution in [0.15, 0.2) is 60.7 Å².